The molecular weight excluding hydrogens is 488 g/mol. The van der Waals surface area contributed by atoms with Gasteiger partial charge >= 0.3 is 0 Å². The number of carbonyl (C=O) groups excluding carboxylic acids is 6. The summed E-state index contributed by atoms with van der Waals surface area (Å²) >= 11 is 0. The first-order chi connectivity index (χ1) is 16.3. The molecule has 2 aliphatic heterocycles. The topological polar surface area (TPSA) is 292 Å². The fourth-order valence-corrected chi connectivity index (χ4v) is 3.99. The molecule has 0 aromatic heterocycles. The van der Waals surface area contributed by atoms with Crippen LogP contribution in [0.15, 0.2) is 0 Å². The lowest BCUT2D eigenvalue weighted by molar-refractivity contribution is -0.343. The third-order valence-corrected chi connectivity index (χ3v) is 6.11. The quantitative estimate of drug-likeness (QED) is 0.0945. The molecule has 0 aliphatic carbocycles. The fraction of sp³-hybridized carbons (Fsp3) is 0.667. The Morgan fingerprint density at radius 2 is 1.49 bits per heavy atom. The van der Waals surface area contributed by atoms with E-state index in [0.717, 1.165) is 0 Å². The Hall–Kier alpha value is -2.42. The summed E-state index contributed by atoms with van der Waals surface area (Å²) in [7, 11) is 0. The van der Waals surface area contributed by atoms with E-state index in [-0.39, 0.29) is 0 Å². The second-order valence-corrected chi connectivity index (χ2v) is 7.85. The van der Waals surface area contributed by atoms with Crippen LogP contribution in [0.1, 0.15) is 0 Å². The molecule has 8 N–H and O–H groups in total. The summed E-state index contributed by atoms with van der Waals surface area (Å²) < 4.78 is 14.8. The molecule has 2 aliphatic rings. The zero-order valence-electron chi connectivity index (χ0n) is 17.4. The number of rotatable bonds is 11. The molecule has 196 valence electrons. The van der Waals surface area contributed by atoms with Crippen molar-refractivity contribution in [2.45, 2.75) is 65.0 Å². The van der Waals surface area contributed by atoms with Gasteiger partial charge in [-0.3, -0.25) is 24.0 Å². The first kappa shape index (κ1) is 28.8. The van der Waals surface area contributed by atoms with Gasteiger partial charge in [-0.2, -0.15) is 0 Å². The second kappa shape index (κ2) is 9.56. The molecular formula is C18H22O17. The van der Waals surface area contributed by atoms with Gasteiger partial charge in [-0.15, -0.1) is 0 Å². The van der Waals surface area contributed by atoms with E-state index in [0.29, 0.717) is 0 Å². The molecule has 0 bridgehead atoms. The van der Waals surface area contributed by atoms with Crippen molar-refractivity contribution in [3.63, 3.8) is 0 Å². The van der Waals surface area contributed by atoms with Crippen LogP contribution in [0.5, 0.6) is 0 Å². The molecule has 2 heterocycles. The smallest absolute Gasteiger partial charge is 0.250 e. The normalized spacial score (nSPS) is 44.7. The molecule has 0 radical (unpaired) electrons. The Balaban J connectivity index is 2.91. The van der Waals surface area contributed by atoms with Crippen molar-refractivity contribution >= 4 is 37.7 Å². The summed E-state index contributed by atoms with van der Waals surface area (Å²) in [4.78, 5) is 70.9. The summed E-state index contributed by atoms with van der Waals surface area (Å²) in [6.07, 6.45) is -18.2. The minimum Gasteiger partial charge on any atom is -0.394 e. The van der Waals surface area contributed by atoms with Crippen LogP contribution < -0.4 is 0 Å². The SMILES string of the molecule is O=CC(O)[C@@]1(C=O)O[C@](O)(C(O)(C=O)C=O)[C@@](O)(C=O)[C@]1(C=O)OC1O[C@H](CO)[C@H](O)[C@H](O)[C@H]1O. The zero-order chi connectivity index (χ0) is 27.0. The minimum atomic E-state index is -4.33. The van der Waals surface area contributed by atoms with Gasteiger partial charge in [-0.25, -0.2) is 0 Å². The lowest BCUT2D eigenvalue weighted by atomic mass is 9.67. The number of ether oxygens (including phenoxy) is 3. The fourth-order valence-electron chi connectivity index (χ4n) is 3.99. The summed E-state index contributed by atoms with van der Waals surface area (Å²) in [5.74, 6) is -4.33. The van der Waals surface area contributed by atoms with E-state index in [1.54, 1.807) is 0 Å². The number of aliphatic hydroxyl groups excluding tert-OH is 5. The molecule has 10 atom stereocenters. The van der Waals surface area contributed by atoms with Crippen molar-refractivity contribution in [1.29, 1.82) is 0 Å². The van der Waals surface area contributed by atoms with Crippen LogP contribution in [0, 0.1) is 0 Å². The maximum Gasteiger partial charge on any atom is 0.250 e. The van der Waals surface area contributed by atoms with Gasteiger partial charge in [0.1, 0.15) is 30.5 Å². The second-order valence-electron chi connectivity index (χ2n) is 7.85. The van der Waals surface area contributed by atoms with Gasteiger partial charge in [-0.05, 0) is 0 Å². The molecule has 35 heavy (non-hydrogen) atoms. The molecule has 0 saturated carbocycles. The molecule has 0 spiro atoms. The van der Waals surface area contributed by atoms with Gasteiger partial charge in [0.25, 0.3) is 5.79 Å². The van der Waals surface area contributed by atoms with Gasteiger partial charge in [0.05, 0.1) is 6.61 Å². The summed E-state index contributed by atoms with van der Waals surface area (Å²) in [5, 5.41) is 82.0. The van der Waals surface area contributed by atoms with Crippen molar-refractivity contribution in [3.8, 4) is 0 Å². The Morgan fingerprint density at radius 3 is 1.89 bits per heavy atom. The molecule has 2 unspecified atom stereocenters. The summed E-state index contributed by atoms with van der Waals surface area (Å²) in [6.45, 7) is -1.07. The predicted octanol–water partition coefficient (Wildman–Crippen LogP) is -7.98. The third-order valence-electron chi connectivity index (χ3n) is 6.11. The van der Waals surface area contributed by atoms with Crippen molar-refractivity contribution in [2.75, 3.05) is 6.61 Å². The highest BCUT2D eigenvalue weighted by molar-refractivity contribution is 5.97. The van der Waals surface area contributed by atoms with Crippen molar-refractivity contribution < 1.29 is 83.8 Å². The monoisotopic (exact) mass is 510 g/mol. The molecule has 0 amide bonds. The van der Waals surface area contributed by atoms with Crippen LogP contribution in [0.3, 0.4) is 0 Å². The largest absolute Gasteiger partial charge is 0.394 e. The average Bonchev–Trinajstić information content (AvgIpc) is 3.05. The molecule has 0 aromatic carbocycles. The van der Waals surface area contributed by atoms with Gasteiger partial charge in [0, 0.05) is 0 Å². The highest BCUT2D eigenvalue weighted by Gasteiger charge is 2.88. The molecule has 0 aromatic rings. The Bertz CT molecular complexity index is 869. The highest BCUT2D eigenvalue weighted by atomic mass is 16.8. The first-order valence-corrected chi connectivity index (χ1v) is 9.56. The van der Waals surface area contributed by atoms with E-state index in [1.807, 2.05) is 0 Å². The van der Waals surface area contributed by atoms with Crippen LogP contribution in [-0.4, -0.2) is 150 Å². The van der Waals surface area contributed by atoms with E-state index >= 15 is 0 Å². The highest BCUT2D eigenvalue weighted by Crippen LogP contribution is 2.56. The number of aldehydes is 6. The Labute approximate surface area is 194 Å². The van der Waals surface area contributed by atoms with E-state index in [2.05, 4.69) is 0 Å². The number of aliphatic hydroxyl groups is 8. The average molecular weight is 510 g/mol. The number of hydrogen-bond donors (Lipinski definition) is 8. The van der Waals surface area contributed by atoms with Crippen LogP contribution in [0.2, 0.25) is 0 Å². The van der Waals surface area contributed by atoms with Crippen molar-refractivity contribution in [3.05, 3.63) is 0 Å². The third kappa shape index (κ3) is 3.44. The van der Waals surface area contributed by atoms with E-state index in [9.17, 15) is 69.6 Å². The molecule has 17 nitrogen and oxygen atoms in total. The molecule has 2 fully saturated rings. The van der Waals surface area contributed by atoms with Crippen LogP contribution >= 0.6 is 0 Å². The molecule has 17 heteroatoms. The van der Waals surface area contributed by atoms with E-state index in [1.165, 1.54) is 0 Å². The summed E-state index contributed by atoms with van der Waals surface area (Å²) in [5.41, 5.74) is -15.9. The van der Waals surface area contributed by atoms with Crippen molar-refractivity contribution in [2.24, 2.45) is 0 Å². The Kier molecular flexibility index (Phi) is 7.87. The maximum absolute atomic E-state index is 12.4. The van der Waals surface area contributed by atoms with Crippen LogP contribution in [0.4, 0.5) is 0 Å². The van der Waals surface area contributed by atoms with Gasteiger partial charge < -0.3 is 59.9 Å². The Morgan fingerprint density at radius 1 is 0.914 bits per heavy atom. The van der Waals surface area contributed by atoms with Crippen LogP contribution in [-0.2, 0) is 43.0 Å². The summed E-state index contributed by atoms with van der Waals surface area (Å²) in [6, 6.07) is 0. The van der Waals surface area contributed by atoms with Crippen molar-refractivity contribution in [1.82, 2.24) is 0 Å². The van der Waals surface area contributed by atoms with E-state index < -0.39 is 109 Å². The zero-order valence-corrected chi connectivity index (χ0v) is 17.4. The maximum atomic E-state index is 12.4. The van der Waals surface area contributed by atoms with Gasteiger partial charge in [0.15, 0.2) is 49.6 Å². The lowest BCUT2D eigenvalue weighted by Gasteiger charge is -2.48. The minimum absolute atomic E-state index is 0.527. The predicted molar refractivity (Wildman–Crippen MR) is 98.6 cm³/mol. The molecule has 2 rings (SSSR count). The van der Waals surface area contributed by atoms with Crippen LogP contribution in [0.25, 0.3) is 0 Å². The molecule has 2 saturated heterocycles. The van der Waals surface area contributed by atoms with Gasteiger partial charge in [-0.1, -0.05) is 0 Å². The number of carbonyl (C=O) groups is 6. The number of hydrogen-bond acceptors (Lipinski definition) is 17. The van der Waals surface area contributed by atoms with E-state index in [4.69, 9.17) is 14.2 Å². The standard InChI is InChI=1S/C18H22O17/c19-1-8-10(27)11(28)12(29)13(33-8)34-17(7-25)15(5-23,9(26)2-20)35-18(32,16(17,31)6-24)14(30,3-21)4-22/h2-13,19,26-32H,1H2/t8-,9?,10+,11+,12-,13?,15-,16-,17-,18-/m1/s1. The van der Waals surface area contributed by atoms with Gasteiger partial charge in [0.2, 0.25) is 16.8 Å². The lowest BCUT2D eigenvalue weighted by Crippen LogP contribution is -2.77. The first-order valence-electron chi connectivity index (χ1n) is 9.56.